The summed E-state index contributed by atoms with van der Waals surface area (Å²) >= 11 is 6.00. The lowest BCUT2D eigenvalue weighted by Gasteiger charge is -2.28. The van der Waals surface area contributed by atoms with E-state index in [2.05, 4.69) is 27.3 Å². The molecule has 0 aliphatic carbocycles. The molecule has 2 N–H and O–H groups in total. The first-order valence-corrected chi connectivity index (χ1v) is 6.33. The number of benzene rings is 1. The van der Waals surface area contributed by atoms with Gasteiger partial charge in [0.1, 0.15) is 0 Å². The number of quaternary nitrogens is 1. The Morgan fingerprint density at radius 3 is 2.82 bits per heavy atom. The van der Waals surface area contributed by atoms with Gasteiger partial charge in [0.15, 0.2) is 0 Å². The molecule has 17 heavy (non-hydrogen) atoms. The van der Waals surface area contributed by atoms with Crippen LogP contribution in [0.15, 0.2) is 30.5 Å². The molecule has 2 heterocycles. The van der Waals surface area contributed by atoms with E-state index >= 15 is 0 Å². The second kappa shape index (κ2) is 4.51. The molecule has 1 aliphatic rings. The molecule has 0 atom stereocenters. The fourth-order valence-electron chi connectivity index (χ4n) is 2.37. The van der Waals surface area contributed by atoms with Crippen LogP contribution in [-0.2, 0) is 0 Å². The molecule has 3 nitrogen and oxygen atoms in total. The molecule has 1 aromatic heterocycles. The Morgan fingerprint density at radius 2 is 2.00 bits per heavy atom. The third-order valence-electron chi connectivity index (χ3n) is 3.23. The number of hydrogen-bond donors (Lipinski definition) is 1. The average Bonchev–Trinajstić information content (AvgIpc) is 2.39. The molecule has 0 saturated carbocycles. The Kier molecular flexibility index (Phi) is 2.87. The zero-order valence-electron chi connectivity index (χ0n) is 9.56. The predicted octanol–water partition coefficient (Wildman–Crippen LogP) is 1.27. The van der Waals surface area contributed by atoms with E-state index in [1.807, 2.05) is 18.3 Å². The van der Waals surface area contributed by atoms with Gasteiger partial charge in [-0.3, -0.25) is 4.98 Å². The Labute approximate surface area is 105 Å². The number of piperazine rings is 1. The van der Waals surface area contributed by atoms with Crippen molar-refractivity contribution >= 4 is 28.2 Å². The van der Waals surface area contributed by atoms with E-state index in [4.69, 9.17) is 11.6 Å². The Hall–Kier alpha value is -1.32. The second-order valence-corrected chi connectivity index (χ2v) is 4.78. The number of anilines is 1. The highest BCUT2D eigenvalue weighted by atomic mass is 35.5. The normalized spacial score (nSPS) is 16.4. The van der Waals surface area contributed by atoms with Gasteiger partial charge in [0.2, 0.25) is 0 Å². The fourth-order valence-corrected chi connectivity index (χ4v) is 2.54. The predicted molar refractivity (Wildman–Crippen MR) is 70.6 cm³/mol. The summed E-state index contributed by atoms with van der Waals surface area (Å²) in [4.78, 5) is 6.81. The molecule has 88 valence electrons. The molecular weight excluding hydrogens is 234 g/mol. The number of pyridine rings is 1. The zero-order chi connectivity index (χ0) is 11.7. The van der Waals surface area contributed by atoms with Gasteiger partial charge in [0, 0.05) is 22.3 Å². The van der Waals surface area contributed by atoms with Crippen LogP contribution in [0.5, 0.6) is 0 Å². The van der Waals surface area contributed by atoms with Crippen LogP contribution in [-0.4, -0.2) is 31.2 Å². The molecule has 1 saturated heterocycles. The SMILES string of the molecule is Clc1ccc2c(N3CC[NH2+]CC3)ccnc2c1. The van der Waals surface area contributed by atoms with Gasteiger partial charge in [0.05, 0.1) is 31.7 Å². The molecule has 4 heteroatoms. The van der Waals surface area contributed by atoms with Crippen LogP contribution in [0.1, 0.15) is 0 Å². The maximum absolute atomic E-state index is 6.00. The highest BCUT2D eigenvalue weighted by Crippen LogP contribution is 2.27. The maximum atomic E-state index is 6.00. The average molecular weight is 249 g/mol. The highest BCUT2D eigenvalue weighted by Gasteiger charge is 2.15. The molecule has 2 aromatic rings. The smallest absolute Gasteiger partial charge is 0.0934 e. The van der Waals surface area contributed by atoms with Gasteiger partial charge in [-0.1, -0.05) is 11.6 Å². The van der Waals surface area contributed by atoms with E-state index in [-0.39, 0.29) is 0 Å². The van der Waals surface area contributed by atoms with E-state index in [1.54, 1.807) is 0 Å². The van der Waals surface area contributed by atoms with Gasteiger partial charge in [0.25, 0.3) is 0 Å². The molecular formula is C13H15ClN3+. The Balaban J connectivity index is 2.09. The van der Waals surface area contributed by atoms with Crippen LogP contribution in [0.2, 0.25) is 5.02 Å². The molecule has 1 aromatic carbocycles. The van der Waals surface area contributed by atoms with E-state index in [9.17, 15) is 0 Å². The molecule has 0 spiro atoms. The molecule has 3 rings (SSSR count). The second-order valence-electron chi connectivity index (χ2n) is 4.34. The number of nitrogens with zero attached hydrogens (tertiary/aromatic N) is 2. The number of aromatic nitrogens is 1. The summed E-state index contributed by atoms with van der Waals surface area (Å²) < 4.78 is 0. The summed E-state index contributed by atoms with van der Waals surface area (Å²) in [6.07, 6.45) is 1.87. The van der Waals surface area contributed by atoms with Crippen LogP contribution in [0, 0.1) is 0 Å². The van der Waals surface area contributed by atoms with Gasteiger partial charge < -0.3 is 10.2 Å². The minimum absolute atomic E-state index is 0.745. The third-order valence-corrected chi connectivity index (χ3v) is 3.46. The van der Waals surface area contributed by atoms with Crippen LogP contribution in [0.3, 0.4) is 0 Å². The monoisotopic (exact) mass is 248 g/mol. The molecule has 1 fully saturated rings. The largest absolute Gasteiger partial charge is 0.360 e. The number of fused-ring (bicyclic) bond motifs is 1. The quantitative estimate of drug-likeness (QED) is 0.825. The lowest BCUT2D eigenvalue weighted by molar-refractivity contribution is -0.655. The van der Waals surface area contributed by atoms with Gasteiger partial charge >= 0.3 is 0 Å². The van der Waals surface area contributed by atoms with Crippen LogP contribution in [0.4, 0.5) is 5.69 Å². The third kappa shape index (κ3) is 2.08. The Morgan fingerprint density at radius 1 is 1.18 bits per heavy atom. The molecule has 1 aliphatic heterocycles. The van der Waals surface area contributed by atoms with E-state index in [1.165, 1.54) is 11.1 Å². The molecule has 0 bridgehead atoms. The number of rotatable bonds is 1. The topological polar surface area (TPSA) is 32.7 Å². The van der Waals surface area contributed by atoms with E-state index < -0.39 is 0 Å². The standard InChI is InChI=1S/C13H14ClN3/c14-10-1-2-11-12(9-10)16-4-3-13(11)17-7-5-15-6-8-17/h1-4,9,15H,5-8H2/p+1. The highest BCUT2D eigenvalue weighted by molar-refractivity contribution is 6.31. The summed E-state index contributed by atoms with van der Waals surface area (Å²) in [5.41, 5.74) is 2.25. The first-order chi connectivity index (χ1) is 8.34. The summed E-state index contributed by atoms with van der Waals surface area (Å²) in [5.74, 6) is 0. The van der Waals surface area contributed by atoms with Crippen molar-refractivity contribution in [2.45, 2.75) is 0 Å². The number of hydrogen-bond acceptors (Lipinski definition) is 2. The van der Waals surface area contributed by atoms with Gasteiger partial charge in [-0.05, 0) is 24.3 Å². The van der Waals surface area contributed by atoms with Crippen molar-refractivity contribution in [3.63, 3.8) is 0 Å². The molecule has 0 unspecified atom stereocenters. The first kappa shape index (κ1) is 10.8. The van der Waals surface area contributed by atoms with Crippen molar-refractivity contribution in [1.82, 2.24) is 4.98 Å². The minimum atomic E-state index is 0.745. The zero-order valence-corrected chi connectivity index (χ0v) is 10.3. The van der Waals surface area contributed by atoms with Gasteiger partial charge in [-0.15, -0.1) is 0 Å². The van der Waals surface area contributed by atoms with Crippen molar-refractivity contribution in [2.75, 3.05) is 31.1 Å². The van der Waals surface area contributed by atoms with Crippen LogP contribution >= 0.6 is 11.6 Å². The van der Waals surface area contributed by atoms with E-state index in [0.29, 0.717) is 0 Å². The summed E-state index contributed by atoms with van der Waals surface area (Å²) in [5, 5.41) is 4.30. The first-order valence-electron chi connectivity index (χ1n) is 5.95. The Bertz CT molecular complexity index is 535. The number of nitrogens with two attached hydrogens (primary N) is 1. The summed E-state index contributed by atoms with van der Waals surface area (Å²) in [6.45, 7) is 4.53. The number of halogens is 1. The van der Waals surface area contributed by atoms with Gasteiger partial charge in [-0.25, -0.2) is 0 Å². The summed E-state index contributed by atoms with van der Waals surface area (Å²) in [6, 6.07) is 8.03. The molecule has 0 radical (unpaired) electrons. The van der Waals surface area contributed by atoms with Crippen LogP contribution < -0.4 is 10.2 Å². The van der Waals surface area contributed by atoms with Crippen molar-refractivity contribution in [3.05, 3.63) is 35.5 Å². The lowest BCUT2D eigenvalue weighted by atomic mass is 10.1. The van der Waals surface area contributed by atoms with Crippen molar-refractivity contribution in [1.29, 1.82) is 0 Å². The maximum Gasteiger partial charge on any atom is 0.0934 e. The summed E-state index contributed by atoms with van der Waals surface area (Å²) in [7, 11) is 0. The van der Waals surface area contributed by atoms with Gasteiger partial charge in [-0.2, -0.15) is 0 Å². The van der Waals surface area contributed by atoms with Crippen molar-refractivity contribution in [3.8, 4) is 0 Å². The fraction of sp³-hybridized carbons (Fsp3) is 0.308. The van der Waals surface area contributed by atoms with Crippen molar-refractivity contribution < 1.29 is 5.32 Å². The lowest BCUT2D eigenvalue weighted by Crippen LogP contribution is -2.89. The van der Waals surface area contributed by atoms with Crippen LogP contribution in [0.25, 0.3) is 10.9 Å². The van der Waals surface area contributed by atoms with E-state index in [0.717, 1.165) is 36.7 Å². The molecule has 0 amide bonds. The van der Waals surface area contributed by atoms with Crippen molar-refractivity contribution in [2.24, 2.45) is 0 Å². The minimum Gasteiger partial charge on any atom is -0.360 e.